The molecule has 0 unspecified atom stereocenters. The average molecular weight is 623 g/mol. The van der Waals surface area contributed by atoms with Gasteiger partial charge >= 0.3 is 5.69 Å². The van der Waals surface area contributed by atoms with Crippen LogP contribution in [0.25, 0.3) is 10.9 Å². The molecule has 1 aliphatic rings. The molecule has 1 aliphatic heterocycles. The van der Waals surface area contributed by atoms with Crippen LogP contribution in [0.3, 0.4) is 0 Å². The van der Waals surface area contributed by atoms with E-state index in [1.165, 1.54) is 17.0 Å². The number of nitrogens with zero attached hydrogens (tertiary/aromatic N) is 4. The number of nitro groups is 1. The van der Waals surface area contributed by atoms with Gasteiger partial charge in [-0.05, 0) is 55.3 Å². The van der Waals surface area contributed by atoms with Gasteiger partial charge in [0, 0.05) is 22.0 Å². The van der Waals surface area contributed by atoms with Crippen molar-refractivity contribution in [2.24, 2.45) is 5.10 Å². The van der Waals surface area contributed by atoms with Gasteiger partial charge in [-0.1, -0.05) is 35.8 Å². The van der Waals surface area contributed by atoms with Crippen LogP contribution < -0.4 is 24.5 Å². The Kier molecular flexibility index (Phi) is 8.20. The first kappa shape index (κ1) is 28.1. The third-order valence-electron chi connectivity index (χ3n) is 6.58. The second kappa shape index (κ2) is 12.0. The number of ether oxygens (including phenoxy) is 4. The van der Waals surface area contributed by atoms with Crippen LogP contribution in [-0.2, 0) is 6.61 Å². The van der Waals surface area contributed by atoms with Crippen LogP contribution in [0.2, 0.25) is 0 Å². The Labute approximate surface area is 243 Å². The van der Waals surface area contributed by atoms with Crippen LogP contribution in [0.1, 0.15) is 50.1 Å². The van der Waals surface area contributed by atoms with E-state index < -0.39 is 4.92 Å². The van der Waals surface area contributed by atoms with Gasteiger partial charge < -0.3 is 18.9 Å². The van der Waals surface area contributed by atoms with Crippen molar-refractivity contribution in [3.63, 3.8) is 0 Å². The SMILES string of the molecule is CCOc1cc(C=Nn2c([C@@H](C)CC)nc3ccc(Br)cc3c2=O)cc([N+](=O)[O-])c1OCc1ccc2c(c1)OCO2. The number of aromatic nitrogens is 2. The summed E-state index contributed by atoms with van der Waals surface area (Å²) < 4.78 is 24.4. The highest BCUT2D eigenvalue weighted by Crippen LogP contribution is 2.39. The topological polar surface area (TPSA) is 127 Å². The fraction of sp³-hybridized carbons (Fsp3) is 0.276. The molecular weight excluding hydrogens is 596 g/mol. The van der Waals surface area contributed by atoms with Crippen LogP contribution in [0.15, 0.2) is 62.9 Å². The standard InChI is InChI=1S/C29H27BrN4O7/c1-4-17(3)28-32-22-8-7-20(30)13-21(22)29(35)33(28)31-14-19-10-23(34(36)37)27(26(12-19)38-5-2)39-15-18-6-9-24-25(11-18)41-16-40-24/h6-14,17H,4-5,15-16H2,1-3H3/t17-/m0/s1. The van der Waals surface area contributed by atoms with Gasteiger partial charge in [0.2, 0.25) is 12.5 Å². The third-order valence-corrected chi connectivity index (χ3v) is 7.08. The molecule has 12 heteroatoms. The smallest absolute Gasteiger partial charge is 0.315 e. The van der Waals surface area contributed by atoms with Gasteiger partial charge in [-0.3, -0.25) is 14.9 Å². The van der Waals surface area contributed by atoms with E-state index in [0.29, 0.717) is 33.8 Å². The fourth-order valence-corrected chi connectivity index (χ4v) is 4.68. The number of hydrogen-bond acceptors (Lipinski definition) is 9. The molecule has 212 valence electrons. The molecule has 1 aromatic heterocycles. The summed E-state index contributed by atoms with van der Waals surface area (Å²) >= 11 is 3.40. The molecule has 0 saturated carbocycles. The van der Waals surface area contributed by atoms with Crippen molar-refractivity contribution >= 4 is 38.7 Å². The number of rotatable bonds is 10. The summed E-state index contributed by atoms with van der Waals surface area (Å²) in [7, 11) is 0. The Morgan fingerprint density at radius 3 is 2.71 bits per heavy atom. The van der Waals surface area contributed by atoms with Gasteiger partial charge in [-0.25, -0.2) is 4.98 Å². The van der Waals surface area contributed by atoms with Crippen molar-refractivity contribution in [3.05, 3.63) is 90.4 Å². The van der Waals surface area contributed by atoms with Gasteiger partial charge in [-0.2, -0.15) is 9.78 Å². The lowest BCUT2D eigenvalue weighted by atomic mass is 10.1. The average Bonchev–Trinajstić information content (AvgIpc) is 3.44. The minimum atomic E-state index is -0.541. The zero-order chi connectivity index (χ0) is 29.1. The van der Waals surface area contributed by atoms with Crippen molar-refractivity contribution in [1.29, 1.82) is 0 Å². The number of benzene rings is 3. The number of halogens is 1. The Bertz CT molecular complexity index is 1720. The van der Waals surface area contributed by atoms with Crippen LogP contribution in [0, 0.1) is 10.1 Å². The quantitative estimate of drug-likeness (QED) is 0.117. The number of fused-ring (bicyclic) bond motifs is 2. The van der Waals surface area contributed by atoms with Gasteiger partial charge in [0.25, 0.3) is 5.56 Å². The maximum absolute atomic E-state index is 13.5. The van der Waals surface area contributed by atoms with Gasteiger partial charge in [-0.15, -0.1) is 0 Å². The highest BCUT2D eigenvalue weighted by molar-refractivity contribution is 9.10. The van der Waals surface area contributed by atoms with Crippen LogP contribution in [0.4, 0.5) is 5.69 Å². The third kappa shape index (κ3) is 5.87. The molecule has 0 fully saturated rings. The summed E-state index contributed by atoms with van der Waals surface area (Å²) in [6.45, 7) is 6.15. The van der Waals surface area contributed by atoms with Gasteiger partial charge in [0.05, 0.1) is 28.6 Å². The molecule has 0 saturated heterocycles. The van der Waals surface area contributed by atoms with Gasteiger partial charge in [0.15, 0.2) is 17.2 Å². The largest absolute Gasteiger partial charge is 0.490 e. The Hall–Kier alpha value is -4.45. The van der Waals surface area contributed by atoms with E-state index in [4.69, 9.17) is 23.9 Å². The first-order valence-electron chi connectivity index (χ1n) is 13.0. The fourth-order valence-electron chi connectivity index (χ4n) is 4.32. The zero-order valence-electron chi connectivity index (χ0n) is 22.6. The first-order valence-corrected chi connectivity index (χ1v) is 13.8. The highest BCUT2D eigenvalue weighted by Gasteiger charge is 2.24. The molecule has 0 radical (unpaired) electrons. The predicted molar refractivity (Wildman–Crippen MR) is 157 cm³/mol. The van der Waals surface area contributed by atoms with Crippen molar-refractivity contribution < 1.29 is 23.9 Å². The predicted octanol–water partition coefficient (Wildman–Crippen LogP) is 6.17. The van der Waals surface area contributed by atoms with E-state index in [1.807, 2.05) is 19.9 Å². The molecule has 0 bridgehead atoms. The normalized spacial score (nSPS) is 13.1. The zero-order valence-corrected chi connectivity index (χ0v) is 24.2. The lowest BCUT2D eigenvalue weighted by molar-refractivity contribution is -0.386. The Morgan fingerprint density at radius 1 is 1.15 bits per heavy atom. The maximum Gasteiger partial charge on any atom is 0.315 e. The van der Waals surface area contributed by atoms with E-state index in [-0.39, 0.29) is 48.7 Å². The molecule has 5 rings (SSSR count). The van der Waals surface area contributed by atoms with Crippen LogP contribution in [-0.4, -0.2) is 34.2 Å². The summed E-state index contributed by atoms with van der Waals surface area (Å²) in [5.74, 6) is 1.81. The van der Waals surface area contributed by atoms with Crippen LogP contribution in [0.5, 0.6) is 23.0 Å². The first-order chi connectivity index (χ1) is 19.8. The molecule has 11 nitrogen and oxygen atoms in total. The van der Waals surface area contributed by atoms with E-state index in [2.05, 4.69) is 21.0 Å². The second-order valence-electron chi connectivity index (χ2n) is 9.34. The summed E-state index contributed by atoms with van der Waals surface area (Å²) in [5.41, 5.74) is 1.02. The molecular formula is C29H27BrN4O7. The highest BCUT2D eigenvalue weighted by atomic mass is 79.9. The summed E-state index contributed by atoms with van der Waals surface area (Å²) in [4.78, 5) is 29.7. The van der Waals surface area contributed by atoms with Crippen molar-refractivity contribution in [3.8, 4) is 23.0 Å². The molecule has 2 heterocycles. The second-order valence-corrected chi connectivity index (χ2v) is 10.3. The maximum atomic E-state index is 13.5. The molecule has 1 atom stereocenters. The lowest BCUT2D eigenvalue weighted by Crippen LogP contribution is -2.23. The molecule has 0 amide bonds. The molecule has 0 N–H and O–H groups in total. The minimum absolute atomic E-state index is 0.0126. The Morgan fingerprint density at radius 2 is 1.95 bits per heavy atom. The summed E-state index contributed by atoms with van der Waals surface area (Å²) in [6.07, 6.45) is 2.12. The number of nitro benzene ring substituents is 1. The van der Waals surface area contributed by atoms with E-state index >= 15 is 0 Å². The van der Waals surface area contributed by atoms with E-state index in [1.54, 1.807) is 43.3 Å². The summed E-state index contributed by atoms with van der Waals surface area (Å²) in [6, 6.07) is 13.5. The lowest BCUT2D eigenvalue weighted by Gasteiger charge is -2.15. The number of hydrogen-bond donors (Lipinski definition) is 0. The van der Waals surface area contributed by atoms with Gasteiger partial charge in [0.1, 0.15) is 12.4 Å². The molecule has 0 spiro atoms. The van der Waals surface area contributed by atoms with Crippen molar-refractivity contribution in [2.45, 2.75) is 39.7 Å². The molecule has 41 heavy (non-hydrogen) atoms. The van der Waals surface area contributed by atoms with Crippen molar-refractivity contribution in [1.82, 2.24) is 9.66 Å². The van der Waals surface area contributed by atoms with Crippen molar-refractivity contribution in [2.75, 3.05) is 13.4 Å². The Balaban J connectivity index is 1.53. The molecule has 3 aromatic carbocycles. The monoisotopic (exact) mass is 622 g/mol. The van der Waals surface area contributed by atoms with Crippen LogP contribution >= 0.6 is 15.9 Å². The molecule has 4 aromatic rings. The minimum Gasteiger partial charge on any atom is -0.490 e. The van der Waals surface area contributed by atoms with E-state index in [9.17, 15) is 14.9 Å². The summed E-state index contributed by atoms with van der Waals surface area (Å²) in [5, 5.41) is 16.9. The molecule has 0 aliphatic carbocycles. The van der Waals surface area contributed by atoms with E-state index in [0.717, 1.165) is 16.5 Å².